The Morgan fingerprint density at radius 3 is 2.75 bits per heavy atom. The van der Waals surface area contributed by atoms with Crippen LogP contribution >= 0.6 is 9.39 Å². The predicted octanol–water partition coefficient (Wildman–Crippen LogP) is 1.28. The van der Waals surface area contributed by atoms with Crippen LogP contribution < -0.4 is 0 Å². The van der Waals surface area contributed by atoms with Gasteiger partial charge in [-0.05, 0) is 12.3 Å². The number of hydrogen-bond acceptors (Lipinski definition) is 1. The SMILES string of the molecule is C=CC1CCN(P)C1. The average molecular weight is 129 g/mol. The van der Waals surface area contributed by atoms with Gasteiger partial charge in [-0.2, -0.15) is 0 Å². The highest BCUT2D eigenvalue weighted by molar-refractivity contribution is 7.13. The highest BCUT2D eigenvalue weighted by Crippen LogP contribution is 2.18. The standard InChI is InChI=1S/C6H12NP/c1-2-6-3-4-7(8)5-6/h2,6H,1,3-5,8H2. The van der Waals surface area contributed by atoms with E-state index in [4.69, 9.17) is 0 Å². The second-order valence-corrected chi connectivity index (χ2v) is 3.01. The van der Waals surface area contributed by atoms with Gasteiger partial charge in [-0.25, -0.2) is 0 Å². The predicted molar refractivity (Wildman–Crippen MR) is 39.6 cm³/mol. The molecular weight excluding hydrogens is 117 g/mol. The molecule has 1 rings (SSSR count). The van der Waals surface area contributed by atoms with Crippen LogP contribution in [0.3, 0.4) is 0 Å². The van der Waals surface area contributed by atoms with Crippen molar-refractivity contribution in [2.45, 2.75) is 6.42 Å². The summed E-state index contributed by atoms with van der Waals surface area (Å²) in [6.07, 6.45) is 3.33. The summed E-state index contributed by atoms with van der Waals surface area (Å²) in [4.78, 5) is 0. The zero-order valence-corrected chi connectivity index (χ0v) is 6.16. The number of rotatable bonds is 1. The van der Waals surface area contributed by atoms with Gasteiger partial charge in [-0.15, -0.1) is 6.58 Å². The lowest BCUT2D eigenvalue weighted by atomic mass is 10.1. The molecule has 0 bridgehead atoms. The third kappa shape index (κ3) is 1.30. The van der Waals surface area contributed by atoms with Crippen molar-refractivity contribution in [1.82, 2.24) is 4.67 Å². The highest BCUT2D eigenvalue weighted by Gasteiger charge is 2.15. The molecule has 0 N–H and O–H groups in total. The fraction of sp³-hybridized carbons (Fsp3) is 0.667. The van der Waals surface area contributed by atoms with Crippen LogP contribution in [0.4, 0.5) is 0 Å². The van der Waals surface area contributed by atoms with Gasteiger partial charge in [0.15, 0.2) is 0 Å². The van der Waals surface area contributed by atoms with E-state index in [0.29, 0.717) is 0 Å². The number of nitrogens with zero attached hydrogens (tertiary/aromatic N) is 1. The maximum atomic E-state index is 3.74. The molecule has 0 aromatic carbocycles. The van der Waals surface area contributed by atoms with Crippen molar-refractivity contribution in [2.75, 3.05) is 13.1 Å². The van der Waals surface area contributed by atoms with E-state index in [0.717, 1.165) is 5.92 Å². The van der Waals surface area contributed by atoms with Gasteiger partial charge in [0, 0.05) is 13.1 Å². The van der Waals surface area contributed by atoms with Crippen LogP contribution in [0.1, 0.15) is 6.42 Å². The van der Waals surface area contributed by atoms with Crippen molar-refractivity contribution >= 4 is 9.39 Å². The van der Waals surface area contributed by atoms with Gasteiger partial charge in [-0.3, -0.25) is 4.67 Å². The Bertz CT molecular complexity index is 92.5. The first kappa shape index (κ1) is 6.25. The first-order valence-electron chi connectivity index (χ1n) is 2.95. The molecule has 0 aromatic heterocycles. The molecule has 46 valence electrons. The van der Waals surface area contributed by atoms with Crippen molar-refractivity contribution in [3.63, 3.8) is 0 Å². The molecule has 1 nitrogen and oxygen atoms in total. The Morgan fingerprint density at radius 1 is 1.75 bits per heavy atom. The van der Waals surface area contributed by atoms with Gasteiger partial charge >= 0.3 is 0 Å². The van der Waals surface area contributed by atoms with Crippen molar-refractivity contribution in [1.29, 1.82) is 0 Å². The molecule has 0 aliphatic carbocycles. The van der Waals surface area contributed by atoms with Gasteiger partial charge in [-0.1, -0.05) is 15.5 Å². The van der Waals surface area contributed by atoms with Crippen LogP contribution in [0.2, 0.25) is 0 Å². The summed E-state index contributed by atoms with van der Waals surface area (Å²) < 4.78 is 2.26. The van der Waals surface area contributed by atoms with Gasteiger partial charge in [0.2, 0.25) is 0 Å². The minimum Gasteiger partial charge on any atom is -0.287 e. The molecule has 1 heterocycles. The summed E-state index contributed by atoms with van der Waals surface area (Å²) in [6.45, 7) is 6.13. The Balaban J connectivity index is 2.32. The molecule has 0 amide bonds. The Morgan fingerprint density at radius 2 is 2.50 bits per heavy atom. The second kappa shape index (κ2) is 2.61. The molecule has 2 unspecified atom stereocenters. The first-order valence-corrected chi connectivity index (χ1v) is 3.47. The summed E-state index contributed by atoms with van der Waals surface area (Å²) in [5, 5.41) is 0. The highest BCUT2D eigenvalue weighted by atomic mass is 31.0. The lowest BCUT2D eigenvalue weighted by Gasteiger charge is -2.03. The van der Waals surface area contributed by atoms with Crippen LogP contribution in [0.25, 0.3) is 0 Å². The molecule has 2 heteroatoms. The maximum absolute atomic E-state index is 3.74. The number of hydrogen-bond donors (Lipinski definition) is 0. The zero-order valence-electron chi connectivity index (χ0n) is 5.01. The van der Waals surface area contributed by atoms with E-state index in [1.165, 1.54) is 19.5 Å². The molecule has 0 saturated carbocycles. The van der Waals surface area contributed by atoms with Crippen LogP contribution in [0, 0.1) is 5.92 Å². The summed E-state index contributed by atoms with van der Waals surface area (Å²) in [5.41, 5.74) is 0. The van der Waals surface area contributed by atoms with Gasteiger partial charge in [0.05, 0.1) is 0 Å². The normalized spacial score (nSPS) is 30.9. The van der Waals surface area contributed by atoms with Crippen molar-refractivity contribution in [2.24, 2.45) is 5.92 Å². The molecule has 2 atom stereocenters. The van der Waals surface area contributed by atoms with E-state index in [1.54, 1.807) is 0 Å². The van der Waals surface area contributed by atoms with Gasteiger partial charge < -0.3 is 0 Å². The Labute approximate surface area is 53.0 Å². The Kier molecular flexibility index (Phi) is 2.04. The second-order valence-electron chi connectivity index (χ2n) is 2.28. The first-order chi connectivity index (χ1) is 3.83. The topological polar surface area (TPSA) is 3.24 Å². The fourth-order valence-electron chi connectivity index (χ4n) is 1.01. The molecule has 0 radical (unpaired) electrons. The van der Waals surface area contributed by atoms with E-state index in [9.17, 15) is 0 Å². The summed E-state index contributed by atoms with van der Waals surface area (Å²) in [5.74, 6) is 0.743. The molecule has 1 aliphatic heterocycles. The van der Waals surface area contributed by atoms with Crippen molar-refractivity contribution < 1.29 is 0 Å². The molecule has 1 fully saturated rings. The van der Waals surface area contributed by atoms with E-state index < -0.39 is 0 Å². The summed E-state index contributed by atoms with van der Waals surface area (Å²) >= 11 is 0. The molecular formula is C6H12NP. The average Bonchev–Trinajstić information content (AvgIpc) is 2.14. The smallest absolute Gasteiger partial charge is 0.00796 e. The minimum atomic E-state index is 0.743. The van der Waals surface area contributed by atoms with Crippen LogP contribution in [-0.2, 0) is 0 Å². The van der Waals surface area contributed by atoms with Crippen LogP contribution in [0.5, 0.6) is 0 Å². The third-order valence-electron chi connectivity index (χ3n) is 1.59. The third-order valence-corrected chi connectivity index (χ3v) is 2.06. The fourth-order valence-corrected chi connectivity index (χ4v) is 1.43. The molecule has 1 saturated heterocycles. The quantitative estimate of drug-likeness (QED) is 0.381. The zero-order chi connectivity index (χ0) is 5.98. The van der Waals surface area contributed by atoms with E-state index in [1.807, 2.05) is 6.08 Å². The van der Waals surface area contributed by atoms with E-state index >= 15 is 0 Å². The summed E-state index contributed by atoms with van der Waals surface area (Å²) in [6, 6.07) is 0. The van der Waals surface area contributed by atoms with Crippen LogP contribution in [-0.4, -0.2) is 17.8 Å². The molecule has 1 aliphatic rings. The van der Waals surface area contributed by atoms with Crippen molar-refractivity contribution in [3.8, 4) is 0 Å². The van der Waals surface area contributed by atoms with E-state index in [2.05, 4.69) is 20.6 Å². The summed E-state index contributed by atoms with van der Waals surface area (Å²) in [7, 11) is 2.71. The van der Waals surface area contributed by atoms with Gasteiger partial charge in [0.1, 0.15) is 0 Å². The monoisotopic (exact) mass is 129 g/mol. The largest absolute Gasteiger partial charge is 0.287 e. The molecule has 0 aromatic rings. The molecule has 0 spiro atoms. The maximum Gasteiger partial charge on any atom is 0.00796 e. The lowest BCUT2D eigenvalue weighted by Crippen LogP contribution is -2.04. The minimum absolute atomic E-state index is 0.743. The van der Waals surface area contributed by atoms with Gasteiger partial charge in [0.25, 0.3) is 0 Å². The lowest BCUT2D eigenvalue weighted by molar-refractivity contribution is 0.567. The van der Waals surface area contributed by atoms with E-state index in [-0.39, 0.29) is 0 Å². The van der Waals surface area contributed by atoms with Crippen LogP contribution in [0.15, 0.2) is 12.7 Å². The molecule has 8 heavy (non-hydrogen) atoms. The van der Waals surface area contributed by atoms with Crippen molar-refractivity contribution in [3.05, 3.63) is 12.7 Å². The Hall–Kier alpha value is 0.130.